The fourth-order valence-corrected chi connectivity index (χ4v) is 3.66. The van der Waals surface area contributed by atoms with Crippen LogP contribution in [0.3, 0.4) is 0 Å². The molecule has 5 nitrogen and oxygen atoms in total. The van der Waals surface area contributed by atoms with Crippen LogP contribution in [0.25, 0.3) is 16.2 Å². The predicted octanol–water partition coefficient (Wildman–Crippen LogP) is 2.46. The van der Waals surface area contributed by atoms with Crippen molar-refractivity contribution in [2.24, 2.45) is 0 Å². The average molecular weight is 327 g/mol. The zero-order chi connectivity index (χ0) is 15.6. The van der Waals surface area contributed by atoms with Gasteiger partial charge < -0.3 is 9.64 Å². The molecule has 1 saturated heterocycles. The van der Waals surface area contributed by atoms with Crippen LogP contribution >= 0.6 is 11.3 Å². The first-order valence-corrected chi connectivity index (χ1v) is 8.55. The van der Waals surface area contributed by atoms with Gasteiger partial charge in [0.1, 0.15) is 0 Å². The molecule has 4 rings (SSSR count). The Morgan fingerprint density at radius 1 is 1.22 bits per heavy atom. The molecule has 1 aliphatic heterocycles. The number of nitrogens with zero attached hydrogens (tertiary/aromatic N) is 3. The smallest absolute Gasteiger partial charge is 0.228 e. The number of imidazole rings is 1. The van der Waals surface area contributed by atoms with Crippen molar-refractivity contribution in [3.05, 3.63) is 47.6 Å². The molecule has 0 bridgehead atoms. The minimum atomic E-state index is 0.156. The number of thiazole rings is 1. The summed E-state index contributed by atoms with van der Waals surface area (Å²) in [4.78, 5) is 19.9. The van der Waals surface area contributed by atoms with Gasteiger partial charge >= 0.3 is 0 Å². The van der Waals surface area contributed by atoms with Gasteiger partial charge in [0, 0.05) is 35.9 Å². The first-order valence-electron chi connectivity index (χ1n) is 7.68. The molecule has 0 radical (unpaired) electrons. The van der Waals surface area contributed by atoms with Gasteiger partial charge in [0.15, 0.2) is 4.96 Å². The third kappa shape index (κ3) is 2.87. The molecule has 2 aromatic heterocycles. The molecule has 0 saturated carbocycles. The number of carbonyl (C=O) groups is 1. The van der Waals surface area contributed by atoms with Crippen LogP contribution in [-0.2, 0) is 16.0 Å². The lowest BCUT2D eigenvalue weighted by Gasteiger charge is -2.26. The number of morpholine rings is 1. The molecular formula is C17H17N3O2S. The summed E-state index contributed by atoms with van der Waals surface area (Å²) < 4.78 is 7.33. The van der Waals surface area contributed by atoms with Crippen LogP contribution in [0.1, 0.15) is 5.69 Å². The summed E-state index contributed by atoms with van der Waals surface area (Å²) in [7, 11) is 0. The third-order valence-electron chi connectivity index (χ3n) is 4.05. The van der Waals surface area contributed by atoms with E-state index in [4.69, 9.17) is 4.74 Å². The van der Waals surface area contributed by atoms with Crippen molar-refractivity contribution in [1.82, 2.24) is 14.3 Å². The lowest BCUT2D eigenvalue weighted by Crippen LogP contribution is -2.41. The summed E-state index contributed by atoms with van der Waals surface area (Å²) in [6.07, 6.45) is 2.42. The Hall–Kier alpha value is -2.18. The molecule has 6 heteroatoms. The van der Waals surface area contributed by atoms with Crippen molar-refractivity contribution in [3.63, 3.8) is 0 Å². The van der Waals surface area contributed by atoms with Gasteiger partial charge in [-0.2, -0.15) is 0 Å². The summed E-state index contributed by atoms with van der Waals surface area (Å²) in [5.41, 5.74) is 3.03. The van der Waals surface area contributed by atoms with Crippen LogP contribution in [0, 0.1) is 0 Å². The molecule has 0 aliphatic carbocycles. The topological polar surface area (TPSA) is 46.8 Å². The predicted molar refractivity (Wildman–Crippen MR) is 89.6 cm³/mol. The molecule has 23 heavy (non-hydrogen) atoms. The monoisotopic (exact) mass is 327 g/mol. The fraction of sp³-hybridized carbons (Fsp3) is 0.294. The molecule has 0 spiro atoms. The van der Waals surface area contributed by atoms with Gasteiger partial charge in [-0.1, -0.05) is 30.3 Å². The minimum absolute atomic E-state index is 0.156. The lowest BCUT2D eigenvalue weighted by molar-refractivity contribution is -0.134. The quantitative estimate of drug-likeness (QED) is 0.742. The number of carbonyl (C=O) groups excluding carboxylic acids is 1. The average Bonchev–Trinajstić information content (AvgIpc) is 3.18. The number of rotatable bonds is 3. The molecule has 0 unspecified atom stereocenters. The van der Waals surface area contributed by atoms with Crippen molar-refractivity contribution >= 4 is 22.2 Å². The Bertz CT molecular complexity index is 819. The van der Waals surface area contributed by atoms with E-state index in [0.29, 0.717) is 32.7 Å². The van der Waals surface area contributed by atoms with Gasteiger partial charge in [0.2, 0.25) is 5.91 Å². The fourth-order valence-electron chi connectivity index (χ4n) is 2.78. The van der Waals surface area contributed by atoms with Crippen molar-refractivity contribution in [1.29, 1.82) is 0 Å². The second-order valence-corrected chi connectivity index (χ2v) is 6.38. The van der Waals surface area contributed by atoms with E-state index in [0.717, 1.165) is 21.9 Å². The number of benzene rings is 1. The number of hydrogen-bond acceptors (Lipinski definition) is 4. The maximum absolute atomic E-state index is 12.4. The van der Waals surface area contributed by atoms with E-state index < -0.39 is 0 Å². The normalized spacial score (nSPS) is 15.2. The van der Waals surface area contributed by atoms with E-state index in [1.165, 1.54) is 0 Å². The maximum Gasteiger partial charge on any atom is 0.228 e. The van der Waals surface area contributed by atoms with E-state index in [9.17, 15) is 4.79 Å². The highest BCUT2D eigenvalue weighted by Gasteiger charge is 2.19. The minimum Gasteiger partial charge on any atom is -0.378 e. The SMILES string of the molecule is O=C(Cc1csc2nc(-c3ccccc3)cn12)N1CCOCC1. The molecular weight excluding hydrogens is 310 g/mol. The van der Waals surface area contributed by atoms with Gasteiger partial charge in [-0.15, -0.1) is 11.3 Å². The summed E-state index contributed by atoms with van der Waals surface area (Å²) in [5.74, 6) is 0.156. The zero-order valence-corrected chi connectivity index (χ0v) is 13.5. The van der Waals surface area contributed by atoms with Crippen LogP contribution in [0.2, 0.25) is 0 Å². The van der Waals surface area contributed by atoms with Crippen molar-refractivity contribution in [2.75, 3.05) is 26.3 Å². The molecule has 1 fully saturated rings. The van der Waals surface area contributed by atoms with E-state index in [2.05, 4.69) is 4.98 Å². The summed E-state index contributed by atoms with van der Waals surface area (Å²) >= 11 is 1.57. The highest BCUT2D eigenvalue weighted by Crippen LogP contribution is 2.24. The van der Waals surface area contributed by atoms with Gasteiger partial charge in [0.25, 0.3) is 0 Å². The Labute approximate surface area is 138 Å². The van der Waals surface area contributed by atoms with E-state index in [-0.39, 0.29) is 5.91 Å². The van der Waals surface area contributed by atoms with Crippen LogP contribution in [0.5, 0.6) is 0 Å². The molecule has 1 aliphatic rings. The Balaban J connectivity index is 1.58. The Morgan fingerprint density at radius 3 is 2.78 bits per heavy atom. The number of aromatic nitrogens is 2. The standard InChI is InChI=1S/C17H17N3O2S/c21-16(19-6-8-22-9-7-19)10-14-12-23-17-18-15(11-20(14)17)13-4-2-1-3-5-13/h1-5,11-12H,6-10H2. The summed E-state index contributed by atoms with van der Waals surface area (Å²) in [5, 5.41) is 2.02. The first kappa shape index (κ1) is 14.4. The van der Waals surface area contributed by atoms with Crippen molar-refractivity contribution in [3.8, 4) is 11.3 Å². The van der Waals surface area contributed by atoms with Crippen molar-refractivity contribution in [2.45, 2.75) is 6.42 Å². The number of fused-ring (bicyclic) bond motifs is 1. The molecule has 1 aromatic carbocycles. The van der Waals surface area contributed by atoms with E-state index in [1.54, 1.807) is 11.3 Å². The van der Waals surface area contributed by atoms with Crippen molar-refractivity contribution < 1.29 is 9.53 Å². The van der Waals surface area contributed by atoms with E-state index >= 15 is 0 Å². The number of hydrogen-bond donors (Lipinski definition) is 0. The van der Waals surface area contributed by atoms with Gasteiger partial charge in [-0.3, -0.25) is 9.20 Å². The van der Waals surface area contributed by atoms with E-state index in [1.807, 2.05) is 51.2 Å². The van der Waals surface area contributed by atoms with Gasteiger partial charge in [0.05, 0.1) is 25.3 Å². The molecule has 0 N–H and O–H groups in total. The van der Waals surface area contributed by atoms with Gasteiger partial charge in [-0.05, 0) is 0 Å². The lowest BCUT2D eigenvalue weighted by atomic mass is 10.2. The highest BCUT2D eigenvalue weighted by molar-refractivity contribution is 7.15. The summed E-state index contributed by atoms with van der Waals surface area (Å²) in [6.45, 7) is 2.64. The molecule has 3 heterocycles. The first-order chi connectivity index (χ1) is 11.3. The molecule has 118 valence electrons. The van der Waals surface area contributed by atoms with Crippen LogP contribution < -0.4 is 0 Å². The summed E-state index contributed by atoms with van der Waals surface area (Å²) in [6, 6.07) is 10.1. The molecule has 1 amide bonds. The third-order valence-corrected chi connectivity index (χ3v) is 4.94. The van der Waals surface area contributed by atoms with Crippen LogP contribution in [0.4, 0.5) is 0 Å². The molecule has 3 aromatic rings. The maximum atomic E-state index is 12.4. The van der Waals surface area contributed by atoms with Crippen LogP contribution in [0.15, 0.2) is 41.9 Å². The second kappa shape index (κ2) is 6.14. The van der Waals surface area contributed by atoms with Gasteiger partial charge in [-0.25, -0.2) is 4.98 Å². The Kier molecular flexibility index (Phi) is 3.85. The molecule has 0 atom stereocenters. The van der Waals surface area contributed by atoms with Crippen LogP contribution in [-0.4, -0.2) is 46.5 Å². The highest BCUT2D eigenvalue weighted by atomic mass is 32.1. The largest absolute Gasteiger partial charge is 0.378 e. The number of amides is 1. The Morgan fingerprint density at radius 2 is 2.00 bits per heavy atom. The zero-order valence-electron chi connectivity index (χ0n) is 12.6. The second-order valence-electron chi connectivity index (χ2n) is 5.54. The number of ether oxygens (including phenoxy) is 1.